The molecule has 0 saturated carbocycles. The number of hydrogen-bond acceptors (Lipinski definition) is 4. The van der Waals surface area contributed by atoms with Crippen LogP contribution >= 0.6 is 0 Å². The highest BCUT2D eigenvalue weighted by Crippen LogP contribution is 2.33. The molecule has 6 heteroatoms. The number of carbonyl (C=O) groups is 2. The molecule has 136 valence electrons. The van der Waals surface area contributed by atoms with E-state index in [4.69, 9.17) is 0 Å². The highest BCUT2D eigenvalue weighted by Gasteiger charge is 2.34. The Labute approximate surface area is 153 Å². The number of nitrogens with zero attached hydrogens (tertiary/aromatic N) is 3. The molecule has 1 fully saturated rings. The molecule has 2 amide bonds. The van der Waals surface area contributed by atoms with Gasteiger partial charge in [0.15, 0.2) is 0 Å². The highest BCUT2D eigenvalue weighted by atomic mass is 16.2. The topological polar surface area (TPSA) is 75.2 Å². The van der Waals surface area contributed by atoms with Crippen molar-refractivity contribution in [3.05, 3.63) is 53.6 Å². The Hall–Kier alpha value is -2.76. The molecule has 1 aliphatic heterocycles. The molecule has 3 heterocycles. The zero-order valence-corrected chi connectivity index (χ0v) is 15.4. The normalized spacial score (nSPS) is 19.9. The third kappa shape index (κ3) is 4.07. The van der Waals surface area contributed by atoms with E-state index in [0.29, 0.717) is 18.2 Å². The maximum absolute atomic E-state index is 12.9. The number of aromatic nitrogens is 2. The van der Waals surface area contributed by atoms with Crippen LogP contribution in [-0.2, 0) is 9.59 Å². The molecule has 6 nitrogen and oxygen atoms in total. The number of pyridine rings is 2. The Morgan fingerprint density at radius 1 is 1.19 bits per heavy atom. The van der Waals surface area contributed by atoms with E-state index in [-0.39, 0.29) is 6.04 Å². The number of amides is 2. The molecule has 26 heavy (non-hydrogen) atoms. The van der Waals surface area contributed by atoms with E-state index in [9.17, 15) is 9.59 Å². The van der Waals surface area contributed by atoms with E-state index < -0.39 is 11.8 Å². The van der Waals surface area contributed by atoms with Crippen molar-refractivity contribution >= 4 is 17.5 Å². The lowest BCUT2D eigenvalue weighted by molar-refractivity contribution is -0.146. The van der Waals surface area contributed by atoms with Gasteiger partial charge in [-0.05, 0) is 61.9 Å². The molecule has 0 aliphatic carbocycles. The number of piperidine rings is 1. The number of hydrogen-bond donors (Lipinski definition) is 1. The Balaban J connectivity index is 1.80. The van der Waals surface area contributed by atoms with E-state index in [0.717, 1.165) is 29.7 Å². The number of carbonyl (C=O) groups excluding carboxylic acids is 2. The zero-order valence-electron chi connectivity index (χ0n) is 15.4. The molecule has 1 N–H and O–H groups in total. The van der Waals surface area contributed by atoms with Crippen LogP contribution in [0.4, 0.5) is 5.69 Å². The third-order valence-electron chi connectivity index (χ3n) is 4.71. The molecular formula is C20H24N4O2. The van der Waals surface area contributed by atoms with E-state index in [1.165, 1.54) is 0 Å². The van der Waals surface area contributed by atoms with Crippen molar-refractivity contribution in [2.24, 2.45) is 5.92 Å². The monoisotopic (exact) mass is 352 g/mol. The molecule has 2 aromatic rings. The van der Waals surface area contributed by atoms with Crippen molar-refractivity contribution in [3.8, 4) is 0 Å². The first-order chi connectivity index (χ1) is 12.4. The minimum Gasteiger partial charge on any atom is -0.327 e. The van der Waals surface area contributed by atoms with Crippen molar-refractivity contribution in [2.75, 3.05) is 11.9 Å². The van der Waals surface area contributed by atoms with Gasteiger partial charge in [0, 0.05) is 24.6 Å². The molecule has 3 rings (SSSR count). The summed E-state index contributed by atoms with van der Waals surface area (Å²) in [7, 11) is 0. The molecule has 2 aromatic heterocycles. The van der Waals surface area contributed by atoms with Crippen LogP contribution in [0.1, 0.15) is 42.6 Å². The van der Waals surface area contributed by atoms with Crippen molar-refractivity contribution in [1.82, 2.24) is 14.9 Å². The molecule has 0 spiro atoms. The fourth-order valence-electron chi connectivity index (χ4n) is 3.44. The minimum atomic E-state index is -0.623. The van der Waals surface area contributed by atoms with Crippen molar-refractivity contribution in [3.63, 3.8) is 0 Å². The minimum absolute atomic E-state index is 0.0956. The predicted molar refractivity (Wildman–Crippen MR) is 99.4 cm³/mol. The van der Waals surface area contributed by atoms with Gasteiger partial charge >= 0.3 is 11.8 Å². The zero-order chi connectivity index (χ0) is 18.7. The van der Waals surface area contributed by atoms with Gasteiger partial charge < -0.3 is 10.2 Å². The summed E-state index contributed by atoms with van der Waals surface area (Å²) in [5.41, 5.74) is 3.39. The smallest absolute Gasteiger partial charge is 0.313 e. The molecular weight excluding hydrogens is 328 g/mol. The van der Waals surface area contributed by atoms with Gasteiger partial charge in [-0.15, -0.1) is 0 Å². The van der Waals surface area contributed by atoms with Crippen LogP contribution in [0.25, 0.3) is 0 Å². The molecule has 0 radical (unpaired) electrons. The Bertz CT molecular complexity index is 821. The van der Waals surface area contributed by atoms with E-state index >= 15 is 0 Å². The van der Waals surface area contributed by atoms with Gasteiger partial charge in [-0.2, -0.15) is 0 Å². The first-order valence-corrected chi connectivity index (χ1v) is 8.90. The number of aryl methyl sites for hydroxylation is 2. The first-order valence-electron chi connectivity index (χ1n) is 8.90. The quantitative estimate of drug-likeness (QED) is 0.843. The molecule has 0 unspecified atom stereocenters. The summed E-state index contributed by atoms with van der Waals surface area (Å²) in [5.74, 6) is -0.758. The molecule has 0 aromatic carbocycles. The summed E-state index contributed by atoms with van der Waals surface area (Å²) in [5, 5.41) is 2.67. The predicted octanol–water partition coefficient (Wildman–Crippen LogP) is 3.03. The summed E-state index contributed by atoms with van der Waals surface area (Å²) in [6.07, 6.45) is 6.87. The van der Waals surface area contributed by atoms with Crippen LogP contribution in [-0.4, -0.2) is 33.2 Å². The second-order valence-electron chi connectivity index (χ2n) is 7.09. The maximum Gasteiger partial charge on any atom is 0.313 e. The Morgan fingerprint density at radius 2 is 2.00 bits per heavy atom. The van der Waals surface area contributed by atoms with Gasteiger partial charge in [0.1, 0.15) is 0 Å². The van der Waals surface area contributed by atoms with E-state index in [1.807, 2.05) is 26.0 Å². The van der Waals surface area contributed by atoms with Gasteiger partial charge in [-0.3, -0.25) is 19.6 Å². The standard InChI is InChI=1S/C20H24N4O2/c1-13-4-5-18(16-6-7-22-15(3)9-16)24(12-13)20(26)19(25)23-17-8-14(2)10-21-11-17/h6-11,13,18H,4-5,12H2,1-3H3,(H,23,25)/t13-,18+/m1/s1. The fraction of sp³-hybridized carbons (Fsp3) is 0.400. The number of likely N-dealkylation sites (tertiary alicyclic amines) is 1. The van der Waals surface area contributed by atoms with Crippen molar-refractivity contribution < 1.29 is 9.59 Å². The SMILES string of the molecule is Cc1cncc(NC(=O)C(=O)N2C[C@H](C)CC[C@H]2c2ccnc(C)c2)c1. The molecule has 1 saturated heterocycles. The number of nitrogens with one attached hydrogen (secondary N) is 1. The summed E-state index contributed by atoms with van der Waals surface area (Å²) in [6, 6.07) is 5.61. The average molecular weight is 352 g/mol. The molecule has 2 atom stereocenters. The average Bonchev–Trinajstić information content (AvgIpc) is 2.61. The highest BCUT2D eigenvalue weighted by molar-refractivity contribution is 6.39. The maximum atomic E-state index is 12.9. The van der Waals surface area contributed by atoms with Gasteiger partial charge in [-0.1, -0.05) is 6.92 Å². The summed E-state index contributed by atoms with van der Waals surface area (Å²) < 4.78 is 0. The lowest BCUT2D eigenvalue weighted by atomic mass is 9.90. The lowest BCUT2D eigenvalue weighted by Gasteiger charge is -2.38. The Kier molecular flexibility index (Phi) is 5.30. The van der Waals surface area contributed by atoms with Crippen molar-refractivity contribution in [1.29, 1.82) is 0 Å². The fourth-order valence-corrected chi connectivity index (χ4v) is 3.44. The van der Waals surface area contributed by atoms with Gasteiger partial charge in [-0.25, -0.2) is 0 Å². The van der Waals surface area contributed by atoms with Crippen LogP contribution in [0.5, 0.6) is 0 Å². The van der Waals surface area contributed by atoms with Crippen LogP contribution in [0.15, 0.2) is 36.8 Å². The van der Waals surface area contributed by atoms with Crippen LogP contribution in [0.2, 0.25) is 0 Å². The largest absolute Gasteiger partial charge is 0.327 e. The Morgan fingerprint density at radius 3 is 2.73 bits per heavy atom. The van der Waals surface area contributed by atoms with Gasteiger partial charge in [0.2, 0.25) is 0 Å². The summed E-state index contributed by atoms with van der Waals surface area (Å²) in [6.45, 7) is 6.50. The molecule has 0 bridgehead atoms. The first kappa shape index (κ1) is 18.0. The second-order valence-corrected chi connectivity index (χ2v) is 7.09. The van der Waals surface area contributed by atoms with Gasteiger partial charge in [0.25, 0.3) is 0 Å². The van der Waals surface area contributed by atoms with E-state index in [2.05, 4.69) is 22.2 Å². The summed E-state index contributed by atoms with van der Waals surface area (Å²) in [4.78, 5) is 35.4. The lowest BCUT2D eigenvalue weighted by Crippen LogP contribution is -2.46. The van der Waals surface area contributed by atoms with Crippen LogP contribution < -0.4 is 5.32 Å². The van der Waals surface area contributed by atoms with Crippen LogP contribution in [0, 0.1) is 19.8 Å². The number of anilines is 1. The van der Waals surface area contributed by atoms with Crippen molar-refractivity contribution in [2.45, 2.75) is 39.7 Å². The summed E-state index contributed by atoms with van der Waals surface area (Å²) >= 11 is 0. The van der Waals surface area contributed by atoms with Crippen LogP contribution in [0.3, 0.4) is 0 Å². The van der Waals surface area contributed by atoms with E-state index in [1.54, 1.807) is 29.6 Å². The third-order valence-corrected chi connectivity index (χ3v) is 4.71. The van der Waals surface area contributed by atoms with Gasteiger partial charge in [0.05, 0.1) is 17.9 Å². The second kappa shape index (κ2) is 7.64. The number of rotatable bonds is 2. The molecule has 1 aliphatic rings.